The highest BCUT2D eigenvalue weighted by molar-refractivity contribution is 5.36. The summed E-state index contributed by atoms with van der Waals surface area (Å²) in [6.07, 6.45) is 4.90. The van der Waals surface area contributed by atoms with Crippen LogP contribution < -0.4 is 10.1 Å². The maximum Gasteiger partial charge on any atom is 0.122 e. The standard InChI is InChI=1S/C15H25NO/c1-4-17-15-10-9-13(2)12-14(15)8-6-5-7-11-16-3/h9-10,12,16H,4-8,11H2,1-3H3. The largest absolute Gasteiger partial charge is 0.494 e. The summed E-state index contributed by atoms with van der Waals surface area (Å²) in [4.78, 5) is 0. The van der Waals surface area contributed by atoms with E-state index in [1.165, 1.54) is 30.4 Å². The van der Waals surface area contributed by atoms with Gasteiger partial charge in [-0.15, -0.1) is 0 Å². The highest BCUT2D eigenvalue weighted by atomic mass is 16.5. The molecule has 1 N–H and O–H groups in total. The molecular weight excluding hydrogens is 210 g/mol. The van der Waals surface area contributed by atoms with Gasteiger partial charge in [-0.2, -0.15) is 0 Å². The first-order chi connectivity index (χ1) is 8.27. The first-order valence-corrected chi connectivity index (χ1v) is 6.65. The van der Waals surface area contributed by atoms with Crippen molar-refractivity contribution in [3.8, 4) is 5.75 Å². The Morgan fingerprint density at radius 3 is 2.71 bits per heavy atom. The van der Waals surface area contributed by atoms with E-state index in [1.807, 2.05) is 14.0 Å². The molecule has 0 aliphatic heterocycles. The molecule has 1 aromatic carbocycles. The topological polar surface area (TPSA) is 21.3 Å². The van der Waals surface area contributed by atoms with Crippen LogP contribution in [0.15, 0.2) is 18.2 Å². The van der Waals surface area contributed by atoms with E-state index in [1.54, 1.807) is 0 Å². The minimum absolute atomic E-state index is 0.746. The van der Waals surface area contributed by atoms with Gasteiger partial charge in [-0.05, 0) is 58.3 Å². The average molecular weight is 235 g/mol. The number of unbranched alkanes of at least 4 members (excludes halogenated alkanes) is 2. The van der Waals surface area contributed by atoms with Crippen LogP contribution >= 0.6 is 0 Å². The van der Waals surface area contributed by atoms with Gasteiger partial charge in [-0.25, -0.2) is 0 Å². The van der Waals surface area contributed by atoms with Gasteiger partial charge in [0.25, 0.3) is 0 Å². The summed E-state index contributed by atoms with van der Waals surface area (Å²) >= 11 is 0. The molecule has 1 rings (SSSR count). The molecule has 0 aromatic heterocycles. The van der Waals surface area contributed by atoms with Crippen LogP contribution in [0.5, 0.6) is 5.75 Å². The van der Waals surface area contributed by atoms with E-state index in [0.717, 1.165) is 25.3 Å². The summed E-state index contributed by atoms with van der Waals surface area (Å²) in [6, 6.07) is 6.47. The quantitative estimate of drug-likeness (QED) is 0.698. The molecule has 0 fully saturated rings. The zero-order valence-electron chi connectivity index (χ0n) is 11.4. The zero-order chi connectivity index (χ0) is 12.5. The highest BCUT2D eigenvalue weighted by Crippen LogP contribution is 2.22. The summed E-state index contributed by atoms with van der Waals surface area (Å²) in [5.41, 5.74) is 2.68. The van der Waals surface area contributed by atoms with Crippen molar-refractivity contribution >= 4 is 0 Å². The fourth-order valence-corrected chi connectivity index (χ4v) is 1.99. The fourth-order valence-electron chi connectivity index (χ4n) is 1.99. The Hall–Kier alpha value is -1.02. The first-order valence-electron chi connectivity index (χ1n) is 6.65. The van der Waals surface area contributed by atoms with Crippen molar-refractivity contribution in [1.82, 2.24) is 5.32 Å². The summed E-state index contributed by atoms with van der Waals surface area (Å²) in [5, 5.41) is 3.18. The minimum Gasteiger partial charge on any atom is -0.494 e. The molecule has 0 aliphatic carbocycles. The molecule has 96 valence electrons. The molecule has 0 atom stereocenters. The molecule has 0 aliphatic rings. The second kappa shape index (κ2) is 8.13. The maximum atomic E-state index is 5.66. The van der Waals surface area contributed by atoms with Crippen molar-refractivity contribution in [3.05, 3.63) is 29.3 Å². The van der Waals surface area contributed by atoms with Gasteiger partial charge in [0.15, 0.2) is 0 Å². The lowest BCUT2D eigenvalue weighted by molar-refractivity contribution is 0.336. The van der Waals surface area contributed by atoms with Crippen molar-refractivity contribution in [1.29, 1.82) is 0 Å². The van der Waals surface area contributed by atoms with Crippen molar-refractivity contribution in [3.63, 3.8) is 0 Å². The Balaban J connectivity index is 2.47. The van der Waals surface area contributed by atoms with Gasteiger partial charge in [0.05, 0.1) is 6.61 Å². The summed E-state index contributed by atoms with van der Waals surface area (Å²) in [7, 11) is 2.01. The molecule has 0 bridgehead atoms. The summed E-state index contributed by atoms with van der Waals surface area (Å²) in [6.45, 7) is 6.04. The third-order valence-electron chi connectivity index (χ3n) is 2.89. The Morgan fingerprint density at radius 2 is 2.00 bits per heavy atom. The van der Waals surface area contributed by atoms with E-state index < -0.39 is 0 Å². The Labute approximate surface area is 105 Å². The van der Waals surface area contributed by atoms with Gasteiger partial charge in [-0.3, -0.25) is 0 Å². The maximum absolute atomic E-state index is 5.66. The molecule has 0 unspecified atom stereocenters. The molecule has 0 spiro atoms. The number of nitrogens with one attached hydrogen (secondary N) is 1. The van der Waals surface area contributed by atoms with E-state index in [0.29, 0.717) is 0 Å². The summed E-state index contributed by atoms with van der Waals surface area (Å²) in [5.74, 6) is 1.06. The lowest BCUT2D eigenvalue weighted by Gasteiger charge is -2.11. The van der Waals surface area contributed by atoms with Crippen molar-refractivity contribution < 1.29 is 4.74 Å². The van der Waals surface area contributed by atoms with Crippen LogP contribution in [0.2, 0.25) is 0 Å². The smallest absolute Gasteiger partial charge is 0.122 e. The van der Waals surface area contributed by atoms with Gasteiger partial charge in [0, 0.05) is 0 Å². The lowest BCUT2D eigenvalue weighted by atomic mass is 10.0. The number of benzene rings is 1. The monoisotopic (exact) mass is 235 g/mol. The normalized spacial score (nSPS) is 10.5. The van der Waals surface area contributed by atoms with Gasteiger partial charge in [-0.1, -0.05) is 24.1 Å². The van der Waals surface area contributed by atoms with Crippen LogP contribution in [0, 0.1) is 6.92 Å². The van der Waals surface area contributed by atoms with Crippen LogP contribution in [0.25, 0.3) is 0 Å². The van der Waals surface area contributed by atoms with E-state index in [4.69, 9.17) is 4.74 Å². The van der Waals surface area contributed by atoms with Gasteiger partial charge >= 0.3 is 0 Å². The van der Waals surface area contributed by atoms with Gasteiger partial charge in [0.2, 0.25) is 0 Å². The third kappa shape index (κ3) is 5.22. The molecule has 0 saturated heterocycles. The second-order valence-corrected chi connectivity index (χ2v) is 4.46. The average Bonchev–Trinajstić information content (AvgIpc) is 2.32. The SMILES string of the molecule is CCOc1ccc(C)cc1CCCCCNC. The number of ether oxygens (including phenoxy) is 1. The summed E-state index contributed by atoms with van der Waals surface area (Å²) < 4.78 is 5.66. The van der Waals surface area contributed by atoms with Crippen molar-refractivity contribution in [2.75, 3.05) is 20.2 Å². The second-order valence-electron chi connectivity index (χ2n) is 4.46. The Kier molecular flexibility index (Phi) is 6.71. The first kappa shape index (κ1) is 14.0. The highest BCUT2D eigenvalue weighted by Gasteiger charge is 2.03. The van der Waals surface area contributed by atoms with Crippen LogP contribution in [-0.2, 0) is 6.42 Å². The van der Waals surface area contributed by atoms with Crippen LogP contribution in [0.3, 0.4) is 0 Å². The van der Waals surface area contributed by atoms with E-state index in [9.17, 15) is 0 Å². The fraction of sp³-hybridized carbons (Fsp3) is 0.600. The molecule has 17 heavy (non-hydrogen) atoms. The van der Waals surface area contributed by atoms with Crippen LogP contribution in [0.1, 0.15) is 37.3 Å². The Morgan fingerprint density at radius 1 is 1.18 bits per heavy atom. The van der Waals surface area contributed by atoms with E-state index in [2.05, 4.69) is 30.4 Å². The molecule has 0 radical (unpaired) electrons. The van der Waals surface area contributed by atoms with Crippen molar-refractivity contribution in [2.24, 2.45) is 0 Å². The Bertz CT molecular complexity index is 323. The minimum atomic E-state index is 0.746. The molecule has 2 heteroatoms. The number of rotatable bonds is 8. The number of hydrogen-bond donors (Lipinski definition) is 1. The van der Waals surface area contributed by atoms with Crippen molar-refractivity contribution in [2.45, 2.75) is 39.5 Å². The lowest BCUT2D eigenvalue weighted by Crippen LogP contribution is -2.07. The molecule has 2 nitrogen and oxygen atoms in total. The van der Waals surface area contributed by atoms with E-state index in [-0.39, 0.29) is 0 Å². The molecular formula is C15H25NO. The third-order valence-corrected chi connectivity index (χ3v) is 2.89. The van der Waals surface area contributed by atoms with Crippen LogP contribution in [0.4, 0.5) is 0 Å². The predicted octanol–water partition coefficient (Wildman–Crippen LogP) is 3.33. The van der Waals surface area contributed by atoms with Crippen LogP contribution in [-0.4, -0.2) is 20.2 Å². The molecule has 0 amide bonds. The molecule has 0 heterocycles. The zero-order valence-corrected chi connectivity index (χ0v) is 11.4. The number of hydrogen-bond acceptors (Lipinski definition) is 2. The van der Waals surface area contributed by atoms with Gasteiger partial charge < -0.3 is 10.1 Å². The molecule has 0 saturated carbocycles. The van der Waals surface area contributed by atoms with E-state index >= 15 is 0 Å². The molecule has 1 aromatic rings. The van der Waals surface area contributed by atoms with Gasteiger partial charge in [0.1, 0.15) is 5.75 Å². The predicted molar refractivity (Wildman–Crippen MR) is 73.8 cm³/mol. The number of aryl methyl sites for hydroxylation is 2.